The summed E-state index contributed by atoms with van der Waals surface area (Å²) in [4.78, 5) is 13.8. The minimum absolute atomic E-state index is 0.0266. The van der Waals surface area contributed by atoms with Gasteiger partial charge in [0.15, 0.2) is 0 Å². The lowest BCUT2D eigenvalue weighted by molar-refractivity contribution is -0.151. The number of likely N-dealkylation sites (tertiary alicyclic amines) is 1. The highest BCUT2D eigenvalue weighted by atomic mass is 19.4. The maximum absolute atomic E-state index is 13.7. The van der Waals surface area contributed by atoms with Gasteiger partial charge in [0, 0.05) is 12.5 Å². The third-order valence-corrected chi connectivity index (χ3v) is 8.44. The number of piperidine rings is 1. The Balaban J connectivity index is 1.60. The molecule has 5 nitrogen and oxygen atoms in total. The van der Waals surface area contributed by atoms with Crippen LogP contribution in [0.3, 0.4) is 0 Å². The molecule has 226 valence electrons. The van der Waals surface area contributed by atoms with E-state index in [0.717, 1.165) is 0 Å². The second-order valence-electron chi connectivity index (χ2n) is 11.3. The van der Waals surface area contributed by atoms with Crippen LogP contribution in [0.5, 0.6) is 0 Å². The van der Waals surface area contributed by atoms with Crippen LogP contribution in [0.25, 0.3) is 0 Å². The molecule has 1 saturated carbocycles. The summed E-state index contributed by atoms with van der Waals surface area (Å²) in [5, 5.41) is 19.6. The molecule has 2 N–H and O–H groups in total. The van der Waals surface area contributed by atoms with Gasteiger partial charge in [-0.3, -0.25) is 4.79 Å². The van der Waals surface area contributed by atoms with Crippen LogP contribution in [-0.4, -0.2) is 53.4 Å². The normalized spacial score (nSPS) is 24.4. The summed E-state index contributed by atoms with van der Waals surface area (Å²) in [5.74, 6) is -1.77. The lowest BCUT2D eigenvalue weighted by Gasteiger charge is -2.38. The second kappa shape index (κ2) is 11.9. The quantitative estimate of drug-likeness (QED) is 0.336. The Kier molecular flexibility index (Phi) is 9.06. The van der Waals surface area contributed by atoms with Crippen molar-refractivity contribution in [2.75, 3.05) is 26.2 Å². The molecule has 0 aromatic heterocycles. The Labute approximate surface area is 232 Å². The Morgan fingerprint density at radius 3 is 2.05 bits per heavy atom. The minimum atomic E-state index is -5.05. The predicted octanol–water partition coefficient (Wildman–Crippen LogP) is 6.66. The molecule has 1 aliphatic carbocycles. The van der Waals surface area contributed by atoms with E-state index >= 15 is 0 Å². The molecule has 0 spiro atoms. The molecular weight excluding hydrogens is 559 g/mol. The standard InChI is InChI=1S/C29H32F7NO4/c1-27(26(39)40)8-10-37(11-9-27)15-18-4-7-23(25(18)17-2-5-22(30)6-3-17)41-24(16-38)19-12-20(28(31,32)33)14-21(13-19)29(34,35)36/h2-3,5-6,12-14,18,23-25,38H,4,7-11,15-16H2,1H3,(H,39,40)/t18?,23?,24-,25?/m1/s1. The van der Waals surface area contributed by atoms with Crippen LogP contribution in [0, 0.1) is 17.2 Å². The van der Waals surface area contributed by atoms with Crippen molar-refractivity contribution >= 4 is 5.97 Å². The number of halogens is 7. The number of alkyl halides is 6. The Hall–Kier alpha value is -2.70. The number of hydrogen-bond donors (Lipinski definition) is 2. The number of aliphatic carboxylic acids is 1. The third-order valence-electron chi connectivity index (χ3n) is 8.44. The average molecular weight is 592 g/mol. The van der Waals surface area contributed by atoms with Crippen LogP contribution in [0.15, 0.2) is 42.5 Å². The van der Waals surface area contributed by atoms with Crippen molar-refractivity contribution in [2.45, 2.75) is 63.1 Å². The van der Waals surface area contributed by atoms with Gasteiger partial charge in [0.2, 0.25) is 0 Å². The molecule has 4 atom stereocenters. The van der Waals surface area contributed by atoms with Gasteiger partial charge < -0.3 is 19.8 Å². The minimum Gasteiger partial charge on any atom is -0.481 e. The van der Waals surface area contributed by atoms with E-state index in [1.165, 1.54) is 12.1 Å². The van der Waals surface area contributed by atoms with Crippen molar-refractivity contribution in [3.8, 4) is 0 Å². The summed E-state index contributed by atoms with van der Waals surface area (Å²) >= 11 is 0. The fourth-order valence-corrected chi connectivity index (χ4v) is 5.95. The van der Waals surface area contributed by atoms with E-state index in [2.05, 4.69) is 4.90 Å². The number of aliphatic hydroxyl groups is 1. The van der Waals surface area contributed by atoms with E-state index in [-0.39, 0.29) is 17.9 Å². The zero-order chi connectivity index (χ0) is 30.2. The number of carboxylic acids is 1. The number of nitrogens with zero attached hydrogens (tertiary/aromatic N) is 1. The first-order valence-corrected chi connectivity index (χ1v) is 13.4. The van der Waals surface area contributed by atoms with Crippen LogP contribution in [0.1, 0.15) is 66.9 Å². The lowest BCUT2D eigenvalue weighted by Crippen LogP contribution is -2.44. The third kappa shape index (κ3) is 7.21. The van der Waals surface area contributed by atoms with Crippen LogP contribution in [0.2, 0.25) is 0 Å². The van der Waals surface area contributed by atoms with Crippen molar-refractivity contribution in [1.82, 2.24) is 4.90 Å². The summed E-state index contributed by atoms with van der Waals surface area (Å²) in [6, 6.07) is 6.84. The summed E-state index contributed by atoms with van der Waals surface area (Å²) in [5.41, 5.74) is -3.56. The Morgan fingerprint density at radius 1 is 1.00 bits per heavy atom. The largest absolute Gasteiger partial charge is 0.481 e. The van der Waals surface area contributed by atoms with Gasteiger partial charge in [-0.25, -0.2) is 4.39 Å². The molecule has 0 bridgehead atoms. The van der Waals surface area contributed by atoms with Gasteiger partial charge in [-0.15, -0.1) is 0 Å². The maximum Gasteiger partial charge on any atom is 0.416 e. The molecule has 1 saturated heterocycles. The molecule has 2 fully saturated rings. The predicted molar refractivity (Wildman–Crippen MR) is 134 cm³/mol. The molecule has 0 amide bonds. The molecule has 2 aliphatic rings. The highest BCUT2D eigenvalue weighted by molar-refractivity contribution is 5.74. The monoisotopic (exact) mass is 591 g/mol. The lowest BCUT2D eigenvalue weighted by atomic mass is 9.80. The van der Waals surface area contributed by atoms with Crippen molar-refractivity contribution < 1.29 is 50.5 Å². The van der Waals surface area contributed by atoms with E-state index in [4.69, 9.17) is 4.74 Å². The zero-order valence-electron chi connectivity index (χ0n) is 22.3. The summed E-state index contributed by atoms with van der Waals surface area (Å²) in [6.07, 6.45) is -10.3. The molecular formula is C29H32F7NO4. The number of ether oxygens (including phenoxy) is 1. The molecule has 1 aliphatic heterocycles. The first-order chi connectivity index (χ1) is 19.1. The molecule has 12 heteroatoms. The van der Waals surface area contributed by atoms with Crippen LogP contribution < -0.4 is 0 Å². The van der Waals surface area contributed by atoms with E-state index in [9.17, 15) is 45.7 Å². The fourth-order valence-electron chi connectivity index (χ4n) is 5.95. The van der Waals surface area contributed by atoms with Gasteiger partial charge in [0.05, 0.1) is 29.3 Å². The van der Waals surface area contributed by atoms with Gasteiger partial charge >= 0.3 is 18.3 Å². The molecule has 41 heavy (non-hydrogen) atoms. The smallest absolute Gasteiger partial charge is 0.416 e. The summed E-state index contributed by atoms with van der Waals surface area (Å²) in [6.45, 7) is 2.51. The Bertz CT molecular complexity index is 1170. The number of aliphatic hydroxyl groups excluding tert-OH is 1. The average Bonchev–Trinajstić information content (AvgIpc) is 3.29. The number of benzene rings is 2. The molecule has 2 aromatic carbocycles. The van der Waals surface area contributed by atoms with Gasteiger partial charge in [0.25, 0.3) is 0 Å². The van der Waals surface area contributed by atoms with E-state index in [1.54, 1.807) is 19.1 Å². The van der Waals surface area contributed by atoms with Gasteiger partial charge in [-0.2, -0.15) is 26.3 Å². The molecule has 1 heterocycles. The fraction of sp³-hybridized carbons (Fsp3) is 0.552. The van der Waals surface area contributed by atoms with E-state index < -0.39 is 65.1 Å². The van der Waals surface area contributed by atoms with Crippen molar-refractivity contribution in [3.05, 3.63) is 70.5 Å². The topological polar surface area (TPSA) is 70.0 Å². The summed E-state index contributed by atoms with van der Waals surface area (Å²) in [7, 11) is 0. The SMILES string of the molecule is CC1(C(=O)O)CCN(CC2CCC(O[C@H](CO)c3cc(C(F)(F)F)cc(C(F)(F)F)c3)C2c2ccc(F)cc2)CC1. The highest BCUT2D eigenvalue weighted by Crippen LogP contribution is 2.45. The molecule has 4 rings (SSSR count). The van der Waals surface area contributed by atoms with Crippen LogP contribution >= 0.6 is 0 Å². The highest BCUT2D eigenvalue weighted by Gasteiger charge is 2.43. The number of hydrogen-bond acceptors (Lipinski definition) is 4. The van der Waals surface area contributed by atoms with E-state index in [0.29, 0.717) is 63.0 Å². The van der Waals surface area contributed by atoms with Crippen LogP contribution in [-0.2, 0) is 21.9 Å². The number of carboxylic acid groups (broad SMARTS) is 1. The zero-order valence-corrected chi connectivity index (χ0v) is 22.3. The molecule has 0 radical (unpaired) electrons. The number of rotatable bonds is 8. The first-order valence-electron chi connectivity index (χ1n) is 13.4. The maximum atomic E-state index is 13.7. The Morgan fingerprint density at radius 2 is 1.56 bits per heavy atom. The van der Waals surface area contributed by atoms with Gasteiger partial charge in [-0.05, 0) is 93.1 Å². The number of carbonyl (C=O) groups is 1. The second-order valence-corrected chi connectivity index (χ2v) is 11.3. The van der Waals surface area contributed by atoms with Crippen molar-refractivity contribution in [1.29, 1.82) is 0 Å². The summed E-state index contributed by atoms with van der Waals surface area (Å²) < 4.78 is 101. The van der Waals surface area contributed by atoms with Crippen molar-refractivity contribution in [3.63, 3.8) is 0 Å². The van der Waals surface area contributed by atoms with Crippen molar-refractivity contribution in [2.24, 2.45) is 11.3 Å². The van der Waals surface area contributed by atoms with E-state index in [1.807, 2.05) is 0 Å². The first kappa shape index (κ1) is 31.2. The molecule has 3 unspecified atom stereocenters. The molecule has 2 aromatic rings. The van der Waals surface area contributed by atoms with Crippen LogP contribution in [0.4, 0.5) is 30.7 Å². The van der Waals surface area contributed by atoms with Gasteiger partial charge in [-0.1, -0.05) is 12.1 Å². The van der Waals surface area contributed by atoms with Gasteiger partial charge in [0.1, 0.15) is 11.9 Å².